The number of hydrogen-bond donors (Lipinski definition) is 0. The maximum Gasteiger partial charge on any atom is 0.339 e. The molecule has 0 bridgehead atoms. The van der Waals surface area contributed by atoms with Gasteiger partial charge in [-0.15, -0.1) is 0 Å². The number of carbonyl (C=O) groups is 2. The lowest BCUT2D eigenvalue weighted by molar-refractivity contribution is 0.0365. The molecule has 0 fully saturated rings. The van der Waals surface area contributed by atoms with Crippen LogP contribution in [0, 0.1) is 0 Å². The first-order valence-electron chi connectivity index (χ1n) is 12.1. The average Bonchev–Trinajstić information content (AvgIpc) is 2.88. The molecule has 0 aliphatic rings. The Labute approximate surface area is 212 Å². The van der Waals surface area contributed by atoms with E-state index in [4.69, 9.17) is 9.47 Å². The molecule has 0 saturated heterocycles. The molecule has 4 aromatic carbocycles. The van der Waals surface area contributed by atoms with Crippen LogP contribution in [0.5, 0.6) is 0 Å². The third-order valence-corrected chi connectivity index (χ3v) is 5.67. The fourth-order valence-electron chi connectivity index (χ4n) is 4.07. The van der Waals surface area contributed by atoms with Crippen molar-refractivity contribution in [1.29, 1.82) is 0 Å². The molecule has 4 aromatic rings. The molecule has 0 amide bonds. The highest BCUT2D eigenvalue weighted by Crippen LogP contribution is 2.36. The highest BCUT2D eigenvalue weighted by molar-refractivity contribution is 6.05. The van der Waals surface area contributed by atoms with E-state index < -0.39 is 11.9 Å². The average molecular weight is 479 g/mol. The summed E-state index contributed by atoms with van der Waals surface area (Å²) in [5, 5.41) is 0. The van der Waals surface area contributed by atoms with Crippen molar-refractivity contribution in [2.75, 3.05) is 0 Å². The number of hydrogen-bond acceptors (Lipinski definition) is 4. The Morgan fingerprint density at radius 1 is 0.500 bits per heavy atom. The summed E-state index contributed by atoms with van der Waals surface area (Å²) < 4.78 is 11.1. The molecule has 0 saturated carbocycles. The van der Waals surface area contributed by atoms with Crippen LogP contribution in [0.4, 0.5) is 0 Å². The predicted octanol–water partition coefficient (Wildman–Crippen LogP) is 7.82. The van der Waals surface area contributed by atoms with Crippen LogP contribution >= 0.6 is 0 Å². The van der Waals surface area contributed by atoms with Gasteiger partial charge in [-0.05, 0) is 85.3 Å². The summed E-state index contributed by atoms with van der Waals surface area (Å²) in [7, 11) is 0. The monoisotopic (exact) mass is 478 g/mol. The van der Waals surface area contributed by atoms with Gasteiger partial charge in [0.2, 0.25) is 0 Å². The van der Waals surface area contributed by atoms with Crippen molar-refractivity contribution < 1.29 is 19.1 Å². The second-order valence-electron chi connectivity index (χ2n) is 9.16. The minimum Gasteiger partial charge on any atom is -0.459 e. The standard InChI is InChI=1S/C32H30O4/c1-21(2)35-31(33)27-17-15-25(23-11-7-5-8-12-23)19-29(27)30-20-26(24-13-9-6-10-14-24)16-18-28(30)32(34)36-22(3)4/h5-22H,1-4H3. The zero-order valence-corrected chi connectivity index (χ0v) is 21.0. The summed E-state index contributed by atoms with van der Waals surface area (Å²) >= 11 is 0. The minimum absolute atomic E-state index is 0.278. The van der Waals surface area contributed by atoms with Crippen LogP contribution in [-0.4, -0.2) is 24.1 Å². The van der Waals surface area contributed by atoms with E-state index in [-0.39, 0.29) is 12.2 Å². The second-order valence-corrected chi connectivity index (χ2v) is 9.16. The van der Waals surface area contributed by atoms with Crippen LogP contribution in [0.1, 0.15) is 48.4 Å². The molecule has 0 unspecified atom stereocenters. The van der Waals surface area contributed by atoms with Crippen molar-refractivity contribution in [3.05, 3.63) is 108 Å². The third-order valence-electron chi connectivity index (χ3n) is 5.67. The second kappa shape index (κ2) is 11.0. The summed E-state index contributed by atoms with van der Waals surface area (Å²) in [5.74, 6) is -0.874. The SMILES string of the molecule is CC(C)OC(=O)c1ccc(-c2ccccc2)cc1-c1cc(-c2ccccc2)ccc1C(=O)OC(C)C. The Balaban J connectivity index is 1.97. The van der Waals surface area contributed by atoms with Gasteiger partial charge in [0.25, 0.3) is 0 Å². The minimum atomic E-state index is -0.437. The first-order chi connectivity index (χ1) is 17.3. The first kappa shape index (κ1) is 24.9. The Bertz CT molecular complexity index is 1250. The highest BCUT2D eigenvalue weighted by Gasteiger charge is 2.23. The molecule has 4 nitrogen and oxygen atoms in total. The van der Waals surface area contributed by atoms with Gasteiger partial charge in [-0.1, -0.05) is 72.8 Å². The maximum absolute atomic E-state index is 13.2. The molecule has 0 aliphatic heterocycles. The molecule has 182 valence electrons. The summed E-state index contributed by atoms with van der Waals surface area (Å²) in [6.45, 7) is 7.27. The molecular weight excluding hydrogens is 448 g/mol. The summed E-state index contributed by atoms with van der Waals surface area (Å²) in [5.41, 5.74) is 5.91. The number of esters is 2. The highest BCUT2D eigenvalue weighted by atomic mass is 16.5. The summed E-state index contributed by atoms with van der Waals surface area (Å²) in [4.78, 5) is 26.3. The third kappa shape index (κ3) is 5.72. The van der Waals surface area contributed by atoms with E-state index in [1.807, 2.05) is 113 Å². The van der Waals surface area contributed by atoms with Crippen LogP contribution in [-0.2, 0) is 9.47 Å². The fraction of sp³-hybridized carbons (Fsp3) is 0.188. The van der Waals surface area contributed by atoms with Gasteiger partial charge in [0.15, 0.2) is 0 Å². The zero-order chi connectivity index (χ0) is 25.7. The zero-order valence-electron chi connectivity index (χ0n) is 21.0. The Morgan fingerprint density at radius 2 is 0.861 bits per heavy atom. The van der Waals surface area contributed by atoms with Crippen molar-refractivity contribution >= 4 is 11.9 Å². The lowest BCUT2D eigenvalue weighted by atomic mass is 9.89. The van der Waals surface area contributed by atoms with Gasteiger partial charge >= 0.3 is 11.9 Å². The maximum atomic E-state index is 13.2. The van der Waals surface area contributed by atoms with Crippen molar-refractivity contribution in [3.63, 3.8) is 0 Å². The number of benzene rings is 4. The van der Waals surface area contributed by atoms with E-state index in [1.165, 1.54) is 0 Å². The number of carbonyl (C=O) groups excluding carboxylic acids is 2. The quantitative estimate of drug-likeness (QED) is 0.254. The Hall–Kier alpha value is -4.18. The predicted molar refractivity (Wildman–Crippen MR) is 144 cm³/mol. The number of ether oxygens (including phenoxy) is 2. The molecule has 36 heavy (non-hydrogen) atoms. The van der Waals surface area contributed by atoms with Gasteiger partial charge in [-0.2, -0.15) is 0 Å². The molecule has 0 spiro atoms. The van der Waals surface area contributed by atoms with Crippen molar-refractivity contribution in [3.8, 4) is 33.4 Å². The van der Waals surface area contributed by atoms with E-state index in [0.717, 1.165) is 22.3 Å². The van der Waals surface area contributed by atoms with Crippen molar-refractivity contribution in [2.45, 2.75) is 39.9 Å². The smallest absolute Gasteiger partial charge is 0.339 e. The molecule has 0 N–H and O–H groups in total. The van der Waals surface area contributed by atoms with Crippen molar-refractivity contribution in [1.82, 2.24) is 0 Å². The van der Waals surface area contributed by atoms with Crippen LogP contribution in [0.2, 0.25) is 0 Å². The largest absolute Gasteiger partial charge is 0.459 e. The van der Waals surface area contributed by atoms with E-state index in [9.17, 15) is 9.59 Å². The Kier molecular flexibility index (Phi) is 7.65. The molecular formula is C32H30O4. The van der Waals surface area contributed by atoms with Crippen LogP contribution < -0.4 is 0 Å². The molecule has 4 heteroatoms. The normalized spacial score (nSPS) is 10.9. The lowest BCUT2D eigenvalue weighted by Gasteiger charge is -2.18. The molecule has 0 aromatic heterocycles. The fourth-order valence-corrected chi connectivity index (χ4v) is 4.07. The van der Waals surface area contributed by atoms with E-state index in [2.05, 4.69) is 0 Å². The molecule has 4 rings (SSSR count). The van der Waals surface area contributed by atoms with E-state index >= 15 is 0 Å². The van der Waals surface area contributed by atoms with Crippen LogP contribution in [0.25, 0.3) is 33.4 Å². The van der Waals surface area contributed by atoms with Crippen LogP contribution in [0.3, 0.4) is 0 Å². The Morgan fingerprint density at radius 3 is 1.19 bits per heavy atom. The van der Waals surface area contributed by atoms with Gasteiger partial charge in [0.1, 0.15) is 0 Å². The summed E-state index contributed by atoms with van der Waals surface area (Å²) in [6, 6.07) is 31.1. The van der Waals surface area contributed by atoms with Gasteiger partial charge < -0.3 is 9.47 Å². The lowest BCUT2D eigenvalue weighted by Crippen LogP contribution is -2.15. The van der Waals surface area contributed by atoms with E-state index in [1.54, 1.807) is 12.1 Å². The topological polar surface area (TPSA) is 52.6 Å². The molecule has 0 atom stereocenters. The van der Waals surface area contributed by atoms with Gasteiger partial charge in [-0.3, -0.25) is 0 Å². The number of rotatable bonds is 7. The first-order valence-corrected chi connectivity index (χ1v) is 12.1. The molecule has 0 heterocycles. The van der Waals surface area contributed by atoms with Crippen molar-refractivity contribution in [2.24, 2.45) is 0 Å². The molecule has 0 radical (unpaired) electrons. The van der Waals surface area contributed by atoms with Crippen LogP contribution in [0.15, 0.2) is 97.1 Å². The van der Waals surface area contributed by atoms with Gasteiger partial charge in [0.05, 0.1) is 23.3 Å². The summed E-state index contributed by atoms with van der Waals surface area (Å²) in [6.07, 6.45) is -0.555. The van der Waals surface area contributed by atoms with E-state index in [0.29, 0.717) is 22.3 Å². The van der Waals surface area contributed by atoms with Gasteiger partial charge in [0, 0.05) is 0 Å². The molecule has 0 aliphatic carbocycles. The van der Waals surface area contributed by atoms with Gasteiger partial charge in [-0.25, -0.2) is 9.59 Å².